The minimum Gasteiger partial charge on any atom is -0.383 e. The van der Waals surface area contributed by atoms with Gasteiger partial charge in [0, 0.05) is 32.3 Å². The van der Waals surface area contributed by atoms with Gasteiger partial charge in [-0.25, -0.2) is 0 Å². The second kappa shape index (κ2) is 8.50. The Hall–Kier alpha value is -0.120. The molecule has 0 amide bonds. The Kier molecular flexibility index (Phi) is 7.66. The van der Waals surface area contributed by atoms with Crippen LogP contribution in [0.3, 0.4) is 0 Å². The van der Waals surface area contributed by atoms with Crippen LogP contribution < -0.4 is 5.32 Å². The zero-order chi connectivity index (χ0) is 15.9. The number of rotatable bonds is 9. The highest BCUT2D eigenvalue weighted by Gasteiger charge is 2.37. The van der Waals surface area contributed by atoms with Crippen LogP contribution in [-0.2, 0) is 4.74 Å². The van der Waals surface area contributed by atoms with E-state index in [0.29, 0.717) is 11.0 Å². The maximum Gasteiger partial charge on any atom is 0.0587 e. The largest absolute Gasteiger partial charge is 0.383 e. The number of hydrogen-bond donors (Lipinski definition) is 1. The van der Waals surface area contributed by atoms with Crippen molar-refractivity contribution in [2.24, 2.45) is 11.3 Å². The van der Waals surface area contributed by atoms with Gasteiger partial charge in [-0.1, -0.05) is 26.7 Å². The van der Waals surface area contributed by atoms with Crippen LogP contribution in [0.4, 0.5) is 0 Å². The van der Waals surface area contributed by atoms with Gasteiger partial charge in [0.15, 0.2) is 0 Å². The van der Waals surface area contributed by atoms with E-state index in [2.05, 4.69) is 45.0 Å². The highest BCUT2D eigenvalue weighted by atomic mass is 16.5. The van der Waals surface area contributed by atoms with Crippen LogP contribution >= 0.6 is 0 Å². The van der Waals surface area contributed by atoms with Gasteiger partial charge in [-0.2, -0.15) is 0 Å². The number of methoxy groups -OCH3 is 1. The predicted octanol–water partition coefficient (Wildman–Crippen LogP) is 3.54. The van der Waals surface area contributed by atoms with Gasteiger partial charge >= 0.3 is 0 Å². The summed E-state index contributed by atoms with van der Waals surface area (Å²) < 4.78 is 5.17. The van der Waals surface area contributed by atoms with E-state index in [0.717, 1.165) is 25.6 Å². The van der Waals surface area contributed by atoms with Gasteiger partial charge in [-0.3, -0.25) is 0 Å². The zero-order valence-electron chi connectivity index (χ0n) is 15.3. The van der Waals surface area contributed by atoms with E-state index < -0.39 is 0 Å². The van der Waals surface area contributed by atoms with Crippen LogP contribution in [0.25, 0.3) is 0 Å². The van der Waals surface area contributed by atoms with Gasteiger partial charge in [-0.05, 0) is 51.5 Å². The molecular weight excluding hydrogens is 260 g/mol. The Morgan fingerprint density at radius 3 is 2.67 bits per heavy atom. The van der Waals surface area contributed by atoms with Crippen LogP contribution in [0.15, 0.2) is 0 Å². The molecule has 0 aromatic rings. The van der Waals surface area contributed by atoms with E-state index in [1.54, 1.807) is 7.11 Å². The third kappa shape index (κ3) is 5.88. The molecule has 3 heteroatoms. The summed E-state index contributed by atoms with van der Waals surface area (Å²) in [5.41, 5.74) is 0.729. The van der Waals surface area contributed by atoms with Crippen LogP contribution in [-0.4, -0.2) is 50.8 Å². The average molecular weight is 299 g/mol. The smallest absolute Gasteiger partial charge is 0.0587 e. The molecule has 1 aliphatic rings. The fourth-order valence-electron chi connectivity index (χ4n) is 3.64. The fraction of sp³-hybridized carbons (Fsp3) is 1.00. The van der Waals surface area contributed by atoms with Crippen molar-refractivity contribution in [2.45, 2.75) is 65.3 Å². The molecule has 1 fully saturated rings. The van der Waals surface area contributed by atoms with Gasteiger partial charge < -0.3 is 15.0 Å². The second-order valence-corrected chi connectivity index (χ2v) is 7.89. The topological polar surface area (TPSA) is 24.5 Å². The van der Waals surface area contributed by atoms with Crippen LogP contribution in [0.5, 0.6) is 0 Å². The molecule has 2 unspecified atom stereocenters. The van der Waals surface area contributed by atoms with Crippen molar-refractivity contribution in [3.05, 3.63) is 0 Å². The van der Waals surface area contributed by atoms with Crippen molar-refractivity contribution >= 4 is 0 Å². The van der Waals surface area contributed by atoms with Crippen LogP contribution in [0, 0.1) is 11.3 Å². The zero-order valence-corrected chi connectivity index (χ0v) is 15.3. The first kappa shape index (κ1) is 18.9. The third-order valence-corrected chi connectivity index (χ3v) is 5.64. The summed E-state index contributed by atoms with van der Waals surface area (Å²) in [6.45, 7) is 13.6. The minimum absolute atomic E-state index is 0.292. The molecule has 0 aliphatic heterocycles. The summed E-state index contributed by atoms with van der Waals surface area (Å²) >= 11 is 0. The standard InChI is InChI=1S/C18H38N2O/c1-7-17(3,4)20(5)15-18(14-19-11-12-21-6)10-8-9-16(2)13-18/h16,19H,7-15H2,1-6H3. The molecule has 126 valence electrons. The van der Waals surface area contributed by atoms with Gasteiger partial charge in [0.1, 0.15) is 0 Å². The van der Waals surface area contributed by atoms with Crippen LogP contribution in [0.2, 0.25) is 0 Å². The average Bonchev–Trinajstić information content (AvgIpc) is 2.43. The lowest BCUT2D eigenvalue weighted by molar-refractivity contribution is 0.0416. The summed E-state index contributed by atoms with van der Waals surface area (Å²) in [5, 5.41) is 3.64. The Morgan fingerprint density at radius 2 is 2.10 bits per heavy atom. The van der Waals surface area contributed by atoms with E-state index in [1.165, 1.54) is 38.6 Å². The molecule has 0 saturated heterocycles. The second-order valence-electron chi connectivity index (χ2n) is 7.89. The van der Waals surface area contributed by atoms with E-state index in [9.17, 15) is 0 Å². The van der Waals surface area contributed by atoms with E-state index in [1.807, 2.05) is 0 Å². The lowest BCUT2D eigenvalue weighted by atomic mass is 9.69. The predicted molar refractivity (Wildman–Crippen MR) is 91.8 cm³/mol. The van der Waals surface area contributed by atoms with Crippen molar-refractivity contribution in [3.8, 4) is 0 Å². The molecule has 1 rings (SSSR count). The van der Waals surface area contributed by atoms with Crippen molar-refractivity contribution in [1.82, 2.24) is 10.2 Å². The molecule has 2 atom stereocenters. The van der Waals surface area contributed by atoms with Crippen molar-refractivity contribution < 1.29 is 4.74 Å². The SMILES string of the molecule is CCC(C)(C)N(C)CC1(CNCCOC)CCCC(C)C1. The maximum atomic E-state index is 5.17. The Labute approximate surface area is 132 Å². The highest BCUT2D eigenvalue weighted by Crippen LogP contribution is 2.40. The first-order chi connectivity index (χ1) is 9.85. The van der Waals surface area contributed by atoms with Gasteiger partial charge in [0.05, 0.1) is 6.61 Å². The van der Waals surface area contributed by atoms with Gasteiger partial charge in [0.25, 0.3) is 0 Å². The van der Waals surface area contributed by atoms with E-state index in [4.69, 9.17) is 4.74 Å². The molecule has 0 aromatic heterocycles. The fourth-order valence-corrected chi connectivity index (χ4v) is 3.64. The first-order valence-electron chi connectivity index (χ1n) is 8.76. The Balaban J connectivity index is 2.67. The molecule has 1 aliphatic carbocycles. The normalized spacial score (nSPS) is 27.3. The lowest BCUT2D eigenvalue weighted by Crippen LogP contribution is -2.51. The van der Waals surface area contributed by atoms with Crippen molar-refractivity contribution in [3.63, 3.8) is 0 Å². The van der Waals surface area contributed by atoms with Gasteiger partial charge in [0.2, 0.25) is 0 Å². The van der Waals surface area contributed by atoms with Crippen molar-refractivity contribution in [2.75, 3.05) is 40.4 Å². The molecule has 0 spiro atoms. The van der Waals surface area contributed by atoms with Gasteiger partial charge in [-0.15, -0.1) is 0 Å². The quantitative estimate of drug-likeness (QED) is 0.659. The molecule has 0 aromatic carbocycles. The minimum atomic E-state index is 0.292. The molecule has 21 heavy (non-hydrogen) atoms. The number of nitrogens with zero attached hydrogens (tertiary/aromatic N) is 1. The molecule has 0 radical (unpaired) electrons. The monoisotopic (exact) mass is 298 g/mol. The Bertz CT molecular complexity index is 293. The molecule has 0 heterocycles. The molecule has 0 bridgehead atoms. The molecule has 1 N–H and O–H groups in total. The summed E-state index contributed by atoms with van der Waals surface area (Å²) in [7, 11) is 4.08. The summed E-state index contributed by atoms with van der Waals surface area (Å²) in [6, 6.07) is 0. The summed E-state index contributed by atoms with van der Waals surface area (Å²) in [4.78, 5) is 2.59. The van der Waals surface area contributed by atoms with Crippen molar-refractivity contribution in [1.29, 1.82) is 0 Å². The number of nitrogens with one attached hydrogen (secondary N) is 1. The van der Waals surface area contributed by atoms with E-state index >= 15 is 0 Å². The maximum absolute atomic E-state index is 5.17. The Morgan fingerprint density at radius 1 is 1.38 bits per heavy atom. The first-order valence-corrected chi connectivity index (χ1v) is 8.76. The summed E-state index contributed by atoms with van der Waals surface area (Å²) in [5.74, 6) is 0.862. The molecular formula is C18H38N2O. The summed E-state index contributed by atoms with van der Waals surface area (Å²) in [6.07, 6.45) is 6.71. The molecule has 1 saturated carbocycles. The highest BCUT2D eigenvalue weighted by molar-refractivity contribution is 4.92. The number of hydrogen-bond acceptors (Lipinski definition) is 3. The third-order valence-electron chi connectivity index (χ3n) is 5.64. The molecule has 3 nitrogen and oxygen atoms in total. The lowest BCUT2D eigenvalue weighted by Gasteiger charge is -2.46. The van der Waals surface area contributed by atoms with Crippen LogP contribution in [0.1, 0.15) is 59.8 Å². The van der Waals surface area contributed by atoms with E-state index in [-0.39, 0.29) is 0 Å². The number of ether oxygens (including phenoxy) is 1.